The van der Waals surface area contributed by atoms with E-state index in [4.69, 9.17) is 25.6 Å². The third kappa shape index (κ3) is 3.15. The Labute approximate surface area is 207 Å². The first-order valence-electron chi connectivity index (χ1n) is 11.8. The van der Waals surface area contributed by atoms with Gasteiger partial charge < -0.3 is 18.9 Å². The maximum Gasteiger partial charge on any atom is 0.255 e. The van der Waals surface area contributed by atoms with Crippen LogP contribution in [0, 0.1) is 11.3 Å². The molecular weight excluding hydrogens is 472 g/mol. The van der Waals surface area contributed by atoms with Crippen LogP contribution in [-0.2, 0) is 19.9 Å². The molecule has 3 unspecified atom stereocenters. The predicted octanol–water partition coefficient (Wildman–Crippen LogP) is 3.84. The molecule has 1 aromatic carbocycles. The van der Waals surface area contributed by atoms with Crippen LogP contribution in [0.5, 0.6) is 0 Å². The number of halogens is 1. The van der Waals surface area contributed by atoms with Gasteiger partial charge >= 0.3 is 0 Å². The van der Waals surface area contributed by atoms with Crippen molar-refractivity contribution >= 4 is 35.2 Å². The molecule has 1 saturated carbocycles. The fourth-order valence-corrected chi connectivity index (χ4v) is 6.06. The van der Waals surface area contributed by atoms with Crippen LogP contribution in [-0.4, -0.2) is 47.9 Å². The SMILES string of the molecule is COC1(c2noc(C3N=CN4c5ccc(Cl)c(C#N)c5N(C5(C)CCCO5)C(=O)C34)n2)CCCC1. The van der Waals surface area contributed by atoms with Crippen molar-refractivity contribution in [2.75, 3.05) is 23.5 Å². The Morgan fingerprint density at radius 2 is 2.06 bits per heavy atom. The normalized spacial score (nSPS) is 28.9. The molecule has 1 aromatic heterocycles. The van der Waals surface area contributed by atoms with Crippen LogP contribution < -0.4 is 9.80 Å². The number of nitrogens with zero attached hydrogens (tertiary/aromatic N) is 6. The highest BCUT2D eigenvalue weighted by atomic mass is 35.5. The summed E-state index contributed by atoms with van der Waals surface area (Å²) in [6, 6.07) is 4.17. The van der Waals surface area contributed by atoms with E-state index in [0.29, 0.717) is 30.2 Å². The minimum Gasteiger partial charge on any atom is -0.370 e. The van der Waals surface area contributed by atoms with Crippen molar-refractivity contribution < 1.29 is 18.8 Å². The van der Waals surface area contributed by atoms with E-state index in [0.717, 1.165) is 32.1 Å². The molecule has 0 radical (unpaired) electrons. The molecule has 11 heteroatoms. The number of hydrogen-bond donors (Lipinski definition) is 0. The maximum absolute atomic E-state index is 14.2. The molecule has 1 amide bonds. The maximum atomic E-state index is 14.2. The lowest BCUT2D eigenvalue weighted by atomic mass is 9.95. The van der Waals surface area contributed by atoms with Crippen molar-refractivity contribution in [3.8, 4) is 6.07 Å². The lowest BCUT2D eigenvalue weighted by Gasteiger charge is -2.46. The summed E-state index contributed by atoms with van der Waals surface area (Å²) in [5.74, 6) is 0.493. The van der Waals surface area contributed by atoms with E-state index in [1.165, 1.54) is 0 Å². The Kier molecular flexibility index (Phi) is 5.14. The van der Waals surface area contributed by atoms with Gasteiger partial charge in [0.2, 0.25) is 5.82 Å². The van der Waals surface area contributed by atoms with Crippen LogP contribution in [0.1, 0.15) is 68.8 Å². The highest BCUT2D eigenvalue weighted by Crippen LogP contribution is 2.50. The molecular formula is C24H25ClN6O4. The molecule has 0 spiro atoms. The number of ether oxygens (including phenoxy) is 2. The van der Waals surface area contributed by atoms with Crippen molar-refractivity contribution in [1.29, 1.82) is 5.26 Å². The highest BCUT2D eigenvalue weighted by Gasteiger charge is 2.54. The fraction of sp³-hybridized carbons (Fsp3) is 0.542. The highest BCUT2D eigenvalue weighted by molar-refractivity contribution is 6.33. The number of benzene rings is 1. The molecule has 6 rings (SSSR count). The van der Waals surface area contributed by atoms with Gasteiger partial charge in [-0.05, 0) is 57.6 Å². The van der Waals surface area contributed by atoms with Gasteiger partial charge in [0, 0.05) is 13.7 Å². The van der Waals surface area contributed by atoms with Gasteiger partial charge in [-0.2, -0.15) is 10.2 Å². The molecule has 0 N–H and O–H groups in total. The number of carbonyl (C=O) groups is 1. The number of aromatic nitrogens is 2. The van der Waals surface area contributed by atoms with Gasteiger partial charge in [0.25, 0.3) is 11.8 Å². The molecule has 0 bridgehead atoms. The first-order valence-corrected chi connectivity index (χ1v) is 12.2. The Bertz CT molecular complexity index is 1260. The second kappa shape index (κ2) is 8.01. The number of rotatable bonds is 4. The second-order valence-electron chi connectivity index (χ2n) is 9.63. The van der Waals surface area contributed by atoms with E-state index in [1.807, 2.05) is 6.92 Å². The van der Waals surface area contributed by atoms with Gasteiger partial charge in [-0.25, -0.2) is 0 Å². The summed E-state index contributed by atoms with van der Waals surface area (Å²) in [6.45, 7) is 2.40. The first-order chi connectivity index (χ1) is 16.9. The molecule has 2 fully saturated rings. The first kappa shape index (κ1) is 22.5. The molecule has 4 heterocycles. The van der Waals surface area contributed by atoms with Crippen LogP contribution >= 0.6 is 11.6 Å². The molecule has 10 nitrogen and oxygen atoms in total. The van der Waals surface area contributed by atoms with Crippen LogP contribution in [0.25, 0.3) is 0 Å². The predicted molar refractivity (Wildman–Crippen MR) is 126 cm³/mol. The molecule has 3 atom stereocenters. The lowest BCUT2D eigenvalue weighted by molar-refractivity contribution is -0.125. The second-order valence-corrected chi connectivity index (χ2v) is 10.0. The van der Waals surface area contributed by atoms with Crippen molar-refractivity contribution in [2.24, 2.45) is 4.99 Å². The van der Waals surface area contributed by atoms with E-state index in [-0.39, 0.29) is 22.4 Å². The summed E-state index contributed by atoms with van der Waals surface area (Å²) in [6.07, 6.45) is 6.73. The standard InChI is InChI=1S/C24H25ClN6O4/c1-23(8-5-11-34-23)31-18-14(12-26)15(25)6-7-16(18)30-13-27-17(19(30)21(31)32)20-28-22(29-35-20)24(33-2)9-3-4-10-24/h6-7,13,17,19H,3-5,8-11H2,1-2H3. The summed E-state index contributed by atoms with van der Waals surface area (Å²) < 4.78 is 17.5. The minimum atomic E-state index is -0.911. The summed E-state index contributed by atoms with van der Waals surface area (Å²) in [5.41, 5.74) is -0.156. The molecule has 2 aromatic rings. The number of hydrogen-bond acceptors (Lipinski definition) is 9. The van der Waals surface area contributed by atoms with Gasteiger partial charge in [0.15, 0.2) is 6.04 Å². The summed E-state index contributed by atoms with van der Waals surface area (Å²) in [7, 11) is 1.66. The average Bonchev–Trinajstić information content (AvgIpc) is 3.65. The molecule has 4 aliphatic rings. The summed E-state index contributed by atoms with van der Waals surface area (Å²) in [4.78, 5) is 26.8. The van der Waals surface area contributed by atoms with Crippen LogP contribution in [0.4, 0.5) is 11.4 Å². The van der Waals surface area contributed by atoms with E-state index in [2.05, 4.69) is 21.2 Å². The number of fused-ring (bicyclic) bond motifs is 3. The summed E-state index contributed by atoms with van der Waals surface area (Å²) >= 11 is 6.39. The fourth-order valence-electron chi connectivity index (χ4n) is 5.87. The van der Waals surface area contributed by atoms with Crippen molar-refractivity contribution in [3.05, 3.63) is 34.4 Å². The molecule has 182 valence electrons. The Morgan fingerprint density at radius 3 is 2.74 bits per heavy atom. The Balaban J connectivity index is 1.44. The largest absolute Gasteiger partial charge is 0.370 e. The van der Waals surface area contributed by atoms with E-state index >= 15 is 0 Å². The molecule has 1 saturated heterocycles. The minimum absolute atomic E-state index is 0.230. The van der Waals surface area contributed by atoms with Gasteiger partial charge in [-0.15, -0.1) is 0 Å². The van der Waals surface area contributed by atoms with Crippen LogP contribution in [0.3, 0.4) is 0 Å². The van der Waals surface area contributed by atoms with Crippen molar-refractivity contribution in [3.63, 3.8) is 0 Å². The number of nitriles is 1. The van der Waals surface area contributed by atoms with Gasteiger partial charge in [0.05, 0.1) is 28.3 Å². The average molecular weight is 497 g/mol. The number of carbonyl (C=O) groups excluding carboxylic acids is 1. The van der Waals surface area contributed by atoms with Crippen LogP contribution in [0.15, 0.2) is 21.6 Å². The smallest absolute Gasteiger partial charge is 0.255 e. The lowest BCUT2D eigenvalue weighted by Crippen LogP contribution is -2.60. The number of anilines is 2. The van der Waals surface area contributed by atoms with E-state index in [1.54, 1.807) is 35.4 Å². The monoisotopic (exact) mass is 496 g/mol. The third-order valence-corrected chi connectivity index (χ3v) is 8.03. The van der Waals surface area contributed by atoms with E-state index in [9.17, 15) is 10.1 Å². The molecule has 35 heavy (non-hydrogen) atoms. The van der Waals surface area contributed by atoms with Crippen LogP contribution in [0.2, 0.25) is 5.02 Å². The van der Waals surface area contributed by atoms with Crippen molar-refractivity contribution in [2.45, 2.75) is 68.9 Å². The zero-order valence-corrected chi connectivity index (χ0v) is 20.3. The number of methoxy groups -OCH3 is 1. The number of aliphatic imine (C=N–C) groups is 1. The Hall–Kier alpha value is -3.00. The summed E-state index contributed by atoms with van der Waals surface area (Å²) in [5, 5.41) is 14.4. The topological polar surface area (TPSA) is 117 Å². The molecule has 1 aliphatic carbocycles. The molecule has 3 aliphatic heterocycles. The van der Waals surface area contributed by atoms with Gasteiger partial charge in [-0.1, -0.05) is 16.8 Å². The zero-order chi connectivity index (χ0) is 24.4. The van der Waals surface area contributed by atoms with E-state index < -0.39 is 23.4 Å². The zero-order valence-electron chi connectivity index (χ0n) is 19.5. The Morgan fingerprint density at radius 1 is 1.26 bits per heavy atom. The van der Waals surface area contributed by atoms with Gasteiger partial charge in [0.1, 0.15) is 23.4 Å². The third-order valence-electron chi connectivity index (χ3n) is 7.72. The number of amides is 1. The quantitative estimate of drug-likeness (QED) is 0.626. The van der Waals surface area contributed by atoms with Crippen molar-refractivity contribution in [1.82, 2.24) is 10.1 Å². The van der Waals surface area contributed by atoms with Gasteiger partial charge in [-0.3, -0.25) is 14.7 Å².